The van der Waals surface area contributed by atoms with E-state index in [-0.39, 0.29) is 5.56 Å². The Morgan fingerprint density at radius 3 is 2.22 bits per heavy atom. The van der Waals surface area contributed by atoms with Gasteiger partial charge in [0.15, 0.2) is 0 Å². The van der Waals surface area contributed by atoms with Gasteiger partial charge < -0.3 is 4.74 Å². The molecule has 0 aliphatic carbocycles. The number of carbonyl (C=O) groups is 1. The molecule has 3 nitrogen and oxygen atoms in total. The topological polar surface area (TPSA) is 39.2 Å². The number of esters is 1. The van der Waals surface area contributed by atoms with E-state index in [2.05, 4.69) is 22.9 Å². The standard InChI is InChI=1S/C8H8FNO2.C4H6.C2H6/c1-5-3-4-10-7(9)6(5)8(11)12-2;1-3-4-2;1-2/h3-4H,1-2H3;3-4H,1-2H2;1-2H3. The van der Waals surface area contributed by atoms with E-state index in [1.807, 2.05) is 13.8 Å². The molecule has 1 rings (SSSR count). The van der Waals surface area contributed by atoms with Gasteiger partial charge in [0.25, 0.3) is 0 Å². The number of carbonyl (C=O) groups excluding carboxylic acids is 1. The summed E-state index contributed by atoms with van der Waals surface area (Å²) < 4.78 is 17.3. The van der Waals surface area contributed by atoms with E-state index < -0.39 is 11.9 Å². The summed E-state index contributed by atoms with van der Waals surface area (Å²) in [6.07, 6.45) is 4.58. The van der Waals surface area contributed by atoms with Gasteiger partial charge in [-0.3, -0.25) is 0 Å². The maximum Gasteiger partial charge on any atom is 0.342 e. The van der Waals surface area contributed by atoms with Gasteiger partial charge in [-0.15, -0.1) is 0 Å². The number of rotatable bonds is 2. The predicted octanol–water partition coefficient (Wildman–Crippen LogP) is 3.70. The zero-order valence-corrected chi connectivity index (χ0v) is 11.4. The van der Waals surface area contributed by atoms with Gasteiger partial charge in [-0.25, -0.2) is 9.78 Å². The van der Waals surface area contributed by atoms with E-state index in [1.165, 1.54) is 13.3 Å². The van der Waals surface area contributed by atoms with Crippen LogP contribution in [0.15, 0.2) is 37.6 Å². The number of nitrogens with zero attached hydrogens (tertiary/aromatic N) is 1. The van der Waals surface area contributed by atoms with Crippen molar-refractivity contribution in [2.24, 2.45) is 0 Å². The molecule has 4 heteroatoms. The van der Waals surface area contributed by atoms with Crippen LogP contribution in [0.25, 0.3) is 0 Å². The third-order valence-corrected chi connectivity index (χ3v) is 1.67. The minimum absolute atomic E-state index is 0.0972. The Labute approximate surface area is 108 Å². The average molecular weight is 253 g/mol. The van der Waals surface area contributed by atoms with Gasteiger partial charge in [-0.1, -0.05) is 39.2 Å². The van der Waals surface area contributed by atoms with Crippen LogP contribution in [0.4, 0.5) is 4.39 Å². The van der Waals surface area contributed by atoms with Gasteiger partial charge >= 0.3 is 5.97 Å². The molecule has 0 amide bonds. The summed E-state index contributed by atoms with van der Waals surface area (Å²) in [6, 6.07) is 1.55. The van der Waals surface area contributed by atoms with Crippen molar-refractivity contribution in [1.82, 2.24) is 4.98 Å². The molecule has 0 bridgehead atoms. The second kappa shape index (κ2) is 11.5. The highest BCUT2D eigenvalue weighted by Crippen LogP contribution is 2.10. The van der Waals surface area contributed by atoms with Gasteiger partial charge in [0.05, 0.1) is 7.11 Å². The van der Waals surface area contributed by atoms with E-state index in [0.717, 1.165) is 0 Å². The van der Waals surface area contributed by atoms with Crippen molar-refractivity contribution >= 4 is 5.97 Å². The third kappa shape index (κ3) is 6.58. The number of aromatic nitrogens is 1. The van der Waals surface area contributed by atoms with E-state index in [1.54, 1.807) is 25.1 Å². The maximum absolute atomic E-state index is 12.9. The van der Waals surface area contributed by atoms with Crippen LogP contribution in [0, 0.1) is 12.9 Å². The molecular weight excluding hydrogens is 233 g/mol. The van der Waals surface area contributed by atoms with Crippen LogP contribution in [0.5, 0.6) is 0 Å². The molecule has 0 aliphatic rings. The van der Waals surface area contributed by atoms with Crippen LogP contribution in [0.1, 0.15) is 29.8 Å². The third-order valence-electron chi connectivity index (χ3n) is 1.67. The fourth-order valence-corrected chi connectivity index (χ4v) is 0.872. The first-order chi connectivity index (χ1) is 8.58. The van der Waals surface area contributed by atoms with Crippen molar-refractivity contribution < 1.29 is 13.9 Å². The number of halogens is 1. The molecule has 0 spiro atoms. The van der Waals surface area contributed by atoms with Gasteiger partial charge in [0.1, 0.15) is 5.56 Å². The molecule has 1 heterocycles. The predicted molar refractivity (Wildman–Crippen MR) is 72.0 cm³/mol. The normalized spacial score (nSPS) is 7.83. The highest BCUT2D eigenvalue weighted by Gasteiger charge is 2.15. The van der Waals surface area contributed by atoms with Crippen molar-refractivity contribution in [2.45, 2.75) is 20.8 Å². The number of hydrogen-bond donors (Lipinski definition) is 0. The number of aryl methyl sites for hydroxylation is 1. The molecule has 18 heavy (non-hydrogen) atoms. The maximum atomic E-state index is 12.9. The van der Waals surface area contributed by atoms with Crippen molar-refractivity contribution in [3.8, 4) is 0 Å². The minimum Gasteiger partial charge on any atom is -0.465 e. The molecule has 0 unspecified atom stereocenters. The van der Waals surface area contributed by atoms with E-state index >= 15 is 0 Å². The number of methoxy groups -OCH3 is 1. The van der Waals surface area contributed by atoms with Crippen molar-refractivity contribution in [2.75, 3.05) is 7.11 Å². The molecule has 0 aliphatic heterocycles. The number of hydrogen-bond acceptors (Lipinski definition) is 3. The summed E-state index contributed by atoms with van der Waals surface area (Å²) in [5.41, 5.74) is 0.425. The molecule has 0 fully saturated rings. The molecule has 0 atom stereocenters. The lowest BCUT2D eigenvalue weighted by molar-refractivity contribution is 0.0593. The number of pyridine rings is 1. The Hall–Kier alpha value is -1.97. The van der Waals surface area contributed by atoms with Crippen molar-refractivity contribution in [3.63, 3.8) is 0 Å². The molecule has 0 saturated carbocycles. The minimum atomic E-state index is -0.790. The lowest BCUT2D eigenvalue weighted by atomic mass is 10.1. The van der Waals surface area contributed by atoms with E-state index in [0.29, 0.717) is 5.56 Å². The van der Waals surface area contributed by atoms with Crippen LogP contribution >= 0.6 is 0 Å². The molecule has 0 aromatic carbocycles. The molecule has 100 valence electrons. The first-order valence-electron chi connectivity index (χ1n) is 5.51. The zero-order valence-electron chi connectivity index (χ0n) is 11.4. The highest BCUT2D eigenvalue weighted by molar-refractivity contribution is 5.90. The smallest absolute Gasteiger partial charge is 0.342 e. The lowest BCUT2D eigenvalue weighted by Gasteiger charge is -2.02. The summed E-state index contributed by atoms with van der Waals surface area (Å²) in [5.74, 6) is -1.49. The number of allylic oxidation sites excluding steroid dienone is 2. The fourth-order valence-electron chi connectivity index (χ4n) is 0.872. The SMILES string of the molecule is C=CC=C.CC.COC(=O)c1c(C)ccnc1F. The van der Waals surface area contributed by atoms with E-state index in [4.69, 9.17) is 0 Å². The van der Waals surface area contributed by atoms with Crippen LogP contribution < -0.4 is 0 Å². The summed E-state index contributed by atoms with van der Waals surface area (Å²) in [7, 11) is 1.20. The fraction of sp³-hybridized carbons (Fsp3) is 0.286. The van der Waals surface area contributed by atoms with Crippen LogP contribution in [0.2, 0.25) is 0 Å². The first kappa shape index (κ1) is 18.4. The largest absolute Gasteiger partial charge is 0.465 e. The Morgan fingerprint density at radius 2 is 1.89 bits per heavy atom. The van der Waals surface area contributed by atoms with Gasteiger partial charge in [-0.2, -0.15) is 4.39 Å². The Morgan fingerprint density at radius 1 is 1.39 bits per heavy atom. The Kier molecular flexibility index (Phi) is 11.8. The average Bonchev–Trinajstić information content (AvgIpc) is 2.41. The van der Waals surface area contributed by atoms with Crippen molar-refractivity contribution in [3.05, 3.63) is 54.6 Å². The Balaban J connectivity index is 0. The van der Waals surface area contributed by atoms with E-state index in [9.17, 15) is 9.18 Å². The molecular formula is C14H20FNO2. The second-order valence-electron chi connectivity index (χ2n) is 2.76. The molecule has 0 N–H and O–H groups in total. The van der Waals surface area contributed by atoms with Gasteiger partial charge in [0, 0.05) is 6.20 Å². The molecule has 1 aromatic heterocycles. The number of ether oxygens (including phenoxy) is 1. The summed E-state index contributed by atoms with van der Waals surface area (Å²) in [6.45, 7) is 12.3. The zero-order chi connectivity index (χ0) is 14.6. The van der Waals surface area contributed by atoms with Crippen molar-refractivity contribution in [1.29, 1.82) is 0 Å². The van der Waals surface area contributed by atoms with Gasteiger partial charge in [-0.05, 0) is 18.6 Å². The second-order valence-corrected chi connectivity index (χ2v) is 2.76. The lowest BCUT2D eigenvalue weighted by Crippen LogP contribution is -2.08. The summed E-state index contributed by atoms with van der Waals surface area (Å²) >= 11 is 0. The van der Waals surface area contributed by atoms with Crippen LogP contribution in [0.3, 0.4) is 0 Å². The quantitative estimate of drug-likeness (QED) is 0.458. The molecule has 1 aromatic rings. The molecule has 0 radical (unpaired) electrons. The van der Waals surface area contributed by atoms with Gasteiger partial charge in [0.2, 0.25) is 5.95 Å². The monoisotopic (exact) mass is 253 g/mol. The first-order valence-corrected chi connectivity index (χ1v) is 5.51. The van der Waals surface area contributed by atoms with Crippen LogP contribution in [-0.4, -0.2) is 18.1 Å². The Bertz CT molecular complexity index is 363. The summed E-state index contributed by atoms with van der Waals surface area (Å²) in [5, 5.41) is 0. The molecule has 0 saturated heterocycles. The highest BCUT2D eigenvalue weighted by atomic mass is 19.1. The van der Waals surface area contributed by atoms with Crippen LogP contribution in [-0.2, 0) is 4.74 Å². The summed E-state index contributed by atoms with van der Waals surface area (Å²) in [4.78, 5) is 14.3.